The fourth-order valence-corrected chi connectivity index (χ4v) is 3.72. The van der Waals surface area contributed by atoms with E-state index in [0.29, 0.717) is 25.7 Å². The van der Waals surface area contributed by atoms with E-state index in [4.69, 9.17) is 19.4 Å². The number of carboxylic acid groups (broad SMARTS) is 2. The Bertz CT molecular complexity index is 1110. The smallest absolute Gasteiger partial charge is 0.334 e. The predicted octanol–water partition coefficient (Wildman–Crippen LogP) is -2.76. The van der Waals surface area contributed by atoms with Crippen molar-refractivity contribution in [2.24, 2.45) is 0 Å². The highest BCUT2D eigenvalue weighted by Crippen LogP contribution is 2.02. The minimum absolute atomic E-state index is 0.0142. The number of hydrogen-bond acceptors (Lipinski definition) is 13. The minimum atomic E-state index is -1.35. The van der Waals surface area contributed by atoms with Gasteiger partial charge in [-0.15, -0.1) is 0 Å². The molecule has 278 valence electrons. The lowest BCUT2D eigenvalue weighted by Crippen LogP contribution is -2.52. The molecule has 20 nitrogen and oxygen atoms in total. The van der Waals surface area contributed by atoms with Gasteiger partial charge in [0.2, 0.25) is 23.6 Å². The van der Waals surface area contributed by atoms with Crippen molar-refractivity contribution in [3.63, 3.8) is 0 Å². The summed E-state index contributed by atoms with van der Waals surface area (Å²) in [6.45, 7) is -0.358. The Kier molecular flexibility index (Phi) is 24.7. The van der Waals surface area contributed by atoms with Crippen LogP contribution in [0.1, 0.15) is 57.8 Å². The number of ether oxygens (including phenoxy) is 2. The molecule has 2 atom stereocenters. The molecule has 0 aromatic carbocycles. The van der Waals surface area contributed by atoms with Gasteiger partial charge in [0.1, 0.15) is 18.4 Å². The topological polar surface area (TPSA) is 285 Å². The summed E-state index contributed by atoms with van der Waals surface area (Å²) in [5, 5.41) is 31.2. The van der Waals surface area contributed by atoms with Crippen molar-refractivity contribution in [1.82, 2.24) is 31.6 Å². The number of nitrogens with one attached hydrogen (secondary N) is 5. The predicted molar refractivity (Wildman–Crippen MR) is 167 cm³/mol. The van der Waals surface area contributed by atoms with E-state index in [2.05, 4.69) is 26.6 Å². The quantitative estimate of drug-likeness (QED) is 0.0247. The number of amides is 5. The van der Waals surface area contributed by atoms with Gasteiger partial charge in [0.25, 0.3) is 5.91 Å². The van der Waals surface area contributed by atoms with Gasteiger partial charge in [-0.1, -0.05) is 0 Å². The second-order valence-corrected chi connectivity index (χ2v) is 10.4. The summed E-state index contributed by atoms with van der Waals surface area (Å²) in [5.41, 5.74) is 0. The first-order valence-corrected chi connectivity index (χ1v) is 15.6. The van der Waals surface area contributed by atoms with Crippen LogP contribution < -0.4 is 26.6 Å². The normalized spacial score (nSPS) is 11.7. The molecule has 49 heavy (non-hydrogen) atoms. The van der Waals surface area contributed by atoms with Crippen LogP contribution in [0.5, 0.6) is 0 Å². The van der Waals surface area contributed by atoms with E-state index in [1.54, 1.807) is 7.05 Å². The molecule has 7 N–H and O–H groups in total. The van der Waals surface area contributed by atoms with Gasteiger partial charge >= 0.3 is 17.9 Å². The summed E-state index contributed by atoms with van der Waals surface area (Å²) < 4.78 is 10.5. The molecular weight excluding hydrogens is 656 g/mol. The van der Waals surface area contributed by atoms with E-state index in [1.165, 1.54) is 7.05 Å². The highest BCUT2D eigenvalue weighted by atomic mass is 16.7. The number of carbonyl (C=O) groups is 9. The molecule has 0 aliphatic heterocycles. The van der Waals surface area contributed by atoms with Crippen LogP contribution in [0.4, 0.5) is 0 Å². The average Bonchev–Trinajstić information content (AvgIpc) is 3.05. The number of hydrogen-bond donors (Lipinski definition) is 7. The van der Waals surface area contributed by atoms with Crippen molar-refractivity contribution in [2.75, 3.05) is 60.2 Å². The van der Waals surface area contributed by atoms with Crippen molar-refractivity contribution in [2.45, 2.75) is 69.9 Å². The number of carboxylic acids is 2. The second-order valence-electron chi connectivity index (χ2n) is 10.4. The molecule has 0 saturated carbocycles. The van der Waals surface area contributed by atoms with Crippen LogP contribution >= 0.6 is 0 Å². The molecule has 0 aromatic heterocycles. The van der Waals surface area contributed by atoms with Crippen LogP contribution in [-0.4, -0.2) is 141 Å². The zero-order chi connectivity index (χ0) is 37.0. The maximum Gasteiger partial charge on any atom is 0.334 e. The lowest BCUT2D eigenvalue weighted by atomic mass is 10.1. The van der Waals surface area contributed by atoms with Gasteiger partial charge in [-0.2, -0.15) is 5.06 Å². The first kappa shape index (κ1) is 44.3. The van der Waals surface area contributed by atoms with E-state index >= 15 is 0 Å². The number of carbonyl (C=O) groups excluding carboxylic acids is 7. The van der Waals surface area contributed by atoms with Crippen molar-refractivity contribution in [3.8, 4) is 0 Å². The molecule has 0 saturated heterocycles. The van der Waals surface area contributed by atoms with E-state index in [-0.39, 0.29) is 65.0 Å². The molecule has 0 heterocycles. The monoisotopic (exact) mass is 704 g/mol. The van der Waals surface area contributed by atoms with Crippen LogP contribution in [-0.2, 0) is 57.5 Å². The molecular formula is C29H48N6O14. The third kappa shape index (κ3) is 24.2. The highest BCUT2D eigenvalue weighted by Gasteiger charge is 2.24. The third-order valence-electron chi connectivity index (χ3n) is 6.33. The Morgan fingerprint density at radius 3 is 1.94 bits per heavy atom. The minimum Gasteiger partial charge on any atom is -0.481 e. The van der Waals surface area contributed by atoms with Gasteiger partial charge in [0.15, 0.2) is 0 Å². The number of nitrogens with zero attached hydrogens (tertiary/aromatic N) is 1. The maximum absolute atomic E-state index is 12.6. The number of rotatable bonds is 28. The summed E-state index contributed by atoms with van der Waals surface area (Å²) in [6.07, 6.45) is 0.835. The molecule has 0 aliphatic rings. The Balaban J connectivity index is 4.40. The van der Waals surface area contributed by atoms with Gasteiger partial charge in [-0.05, 0) is 39.3 Å². The Morgan fingerprint density at radius 2 is 1.35 bits per heavy atom. The van der Waals surface area contributed by atoms with Crippen molar-refractivity contribution in [1.29, 1.82) is 0 Å². The fourth-order valence-electron chi connectivity index (χ4n) is 3.72. The van der Waals surface area contributed by atoms with E-state index in [0.717, 1.165) is 5.06 Å². The standard InChI is InChI=1S/C29H48N6O14/c1-30-12-4-3-6-21(29(45)46)34-24(39)19-32-28(44)20(8-9-26(41)42)33-23(38)18-31-22(37)10-14-47-16-17-48-15-11-27(43)49-35(2)25(40)7-5-13-36/h13,20-21,30H,3-12,14-19H2,1-2H3,(H,31,37)(H,32,44)(H,33,38)(H,34,39)(H,41,42)(H,45,46). The molecule has 5 amide bonds. The molecule has 0 fully saturated rings. The van der Waals surface area contributed by atoms with E-state index in [1.807, 2.05) is 0 Å². The van der Waals surface area contributed by atoms with E-state index < -0.39 is 79.0 Å². The largest absolute Gasteiger partial charge is 0.481 e. The number of aldehydes is 1. The molecule has 0 bridgehead atoms. The van der Waals surface area contributed by atoms with Gasteiger partial charge in [-0.25, -0.2) is 9.59 Å². The highest BCUT2D eigenvalue weighted by molar-refractivity contribution is 5.93. The number of hydroxylamine groups is 2. The summed E-state index contributed by atoms with van der Waals surface area (Å²) in [7, 11) is 3.01. The lowest BCUT2D eigenvalue weighted by molar-refractivity contribution is -0.193. The van der Waals surface area contributed by atoms with Gasteiger partial charge < -0.3 is 55.9 Å². The molecule has 0 rings (SSSR count). The molecule has 2 unspecified atom stereocenters. The summed E-state index contributed by atoms with van der Waals surface area (Å²) in [4.78, 5) is 110. The zero-order valence-electron chi connectivity index (χ0n) is 27.8. The van der Waals surface area contributed by atoms with Crippen molar-refractivity contribution >= 4 is 53.7 Å². The average molecular weight is 705 g/mol. The lowest BCUT2D eigenvalue weighted by Gasteiger charge is -2.19. The van der Waals surface area contributed by atoms with Crippen LogP contribution in [0.3, 0.4) is 0 Å². The fraction of sp³-hybridized carbons (Fsp3) is 0.690. The number of aliphatic carboxylic acids is 2. The van der Waals surface area contributed by atoms with E-state index in [9.17, 15) is 48.3 Å². The van der Waals surface area contributed by atoms with Crippen molar-refractivity contribution < 1.29 is 67.7 Å². The Labute approximate surface area is 283 Å². The zero-order valence-corrected chi connectivity index (χ0v) is 27.8. The van der Waals surface area contributed by atoms with Gasteiger partial charge in [0.05, 0.1) is 45.9 Å². The Hall–Kier alpha value is -4.69. The first-order chi connectivity index (χ1) is 23.3. The first-order valence-electron chi connectivity index (χ1n) is 15.6. The van der Waals surface area contributed by atoms with Crippen LogP contribution in [0, 0.1) is 0 Å². The van der Waals surface area contributed by atoms with Gasteiger partial charge in [0, 0.05) is 32.7 Å². The molecule has 0 radical (unpaired) electrons. The SMILES string of the molecule is CNCCCCC(NC(=O)CNC(=O)C(CCC(=O)O)NC(=O)CNC(=O)CCOCCOCCC(=O)ON(C)C(=O)CCC=O)C(=O)O. The summed E-state index contributed by atoms with van der Waals surface area (Å²) >= 11 is 0. The second kappa shape index (κ2) is 27.3. The molecule has 0 spiro atoms. The molecule has 0 aliphatic carbocycles. The van der Waals surface area contributed by atoms with Crippen molar-refractivity contribution in [3.05, 3.63) is 0 Å². The molecule has 20 heteroatoms. The third-order valence-corrected chi connectivity index (χ3v) is 6.33. The Morgan fingerprint density at radius 1 is 0.735 bits per heavy atom. The summed E-state index contributed by atoms with van der Waals surface area (Å²) in [5.74, 6) is -6.74. The maximum atomic E-state index is 12.6. The summed E-state index contributed by atoms with van der Waals surface area (Å²) in [6, 6.07) is -2.52. The van der Waals surface area contributed by atoms with Crippen LogP contribution in [0.25, 0.3) is 0 Å². The van der Waals surface area contributed by atoms with Crippen LogP contribution in [0.15, 0.2) is 0 Å². The number of unbranched alkanes of at least 4 members (excludes halogenated alkanes) is 1. The van der Waals surface area contributed by atoms with Gasteiger partial charge in [-0.3, -0.25) is 28.8 Å². The van der Waals surface area contributed by atoms with Crippen LogP contribution in [0.2, 0.25) is 0 Å². The molecule has 0 aromatic rings.